The number of fused-ring (bicyclic) bond motifs is 1. The van der Waals surface area contributed by atoms with Crippen molar-refractivity contribution in [3.05, 3.63) is 95.6 Å². The number of phenols is 1. The maximum atomic E-state index is 12.6. The Morgan fingerprint density at radius 2 is 1.53 bits per heavy atom. The van der Waals surface area contributed by atoms with E-state index in [1.54, 1.807) is 31.2 Å². The van der Waals surface area contributed by atoms with Crippen LogP contribution in [-0.2, 0) is 10.1 Å². The highest BCUT2D eigenvalue weighted by atomic mass is 32.2. The van der Waals surface area contributed by atoms with E-state index in [-0.39, 0.29) is 22.0 Å². The minimum absolute atomic E-state index is 0.104. The molecule has 0 saturated heterocycles. The van der Waals surface area contributed by atoms with E-state index < -0.39 is 16.0 Å². The van der Waals surface area contributed by atoms with Gasteiger partial charge in [-0.05, 0) is 72.6 Å². The van der Waals surface area contributed by atoms with Crippen LogP contribution in [0, 0.1) is 13.8 Å². The van der Waals surface area contributed by atoms with Crippen LogP contribution in [0.4, 0.5) is 5.69 Å². The Morgan fingerprint density at radius 1 is 0.875 bits per heavy atom. The standard InChI is InChI=1S/C25H21NO5S/c1-16-7-12-24(17(2)13-16)32(29,30)31-21-10-8-20(9-11-21)26-25(28)22-14-18-5-3-4-6-19(18)15-23(22)27/h3-15,27H,1-2H3,(H,26,28). The quantitative estimate of drug-likeness (QED) is 0.411. The molecule has 0 radical (unpaired) electrons. The van der Waals surface area contributed by atoms with Crippen molar-refractivity contribution in [1.29, 1.82) is 0 Å². The molecule has 0 atom stereocenters. The summed E-state index contributed by atoms with van der Waals surface area (Å²) in [5.74, 6) is -0.484. The van der Waals surface area contributed by atoms with Crippen molar-refractivity contribution in [2.24, 2.45) is 0 Å². The van der Waals surface area contributed by atoms with Gasteiger partial charge < -0.3 is 14.6 Å². The SMILES string of the molecule is Cc1ccc(S(=O)(=O)Oc2ccc(NC(=O)c3cc4ccccc4cc3O)cc2)c(C)c1. The molecular weight excluding hydrogens is 426 g/mol. The Labute approximate surface area is 186 Å². The number of hydrogen-bond donors (Lipinski definition) is 2. The zero-order chi connectivity index (χ0) is 22.9. The number of phenolic OH excluding ortho intramolecular Hbond substituents is 1. The van der Waals surface area contributed by atoms with Crippen molar-refractivity contribution in [1.82, 2.24) is 0 Å². The van der Waals surface area contributed by atoms with Crippen LogP contribution in [0.25, 0.3) is 10.8 Å². The van der Waals surface area contributed by atoms with Crippen molar-refractivity contribution in [2.45, 2.75) is 18.7 Å². The molecule has 0 heterocycles. The number of hydrogen-bond acceptors (Lipinski definition) is 5. The summed E-state index contributed by atoms with van der Waals surface area (Å²) in [6.07, 6.45) is 0. The molecule has 4 aromatic carbocycles. The zero-order valence-electron chi connectivity index (χ0n) is 17.5. The number of carbonyl (C=O) groups excluding carboxylic acids is 1. The lowest BCUT2D eigenvalue weighted by molar-refractivity contribution is 0.102. The molecule has 0 bridgehead atoms. The fourth-order valence-electron chi connectivity index (χ4n) is 3.45. The molecule has 0 unspecified atom stereocenters. The van der Waals surface area contributed by atoms with Crippen LogP contribution in [0.5, 0.6) is 11.5 Å². The van der Waals surface area contributed by atoms with Gasteiger partial charge in [-0.25, -0.2) is 0 Å². The summed E-state index contributed by atoms with van der Waals surface area (Å²) in [5.41, 5.74) is 2.13. The maximum Gasteiger partial charge on any atom is 0.339 e. The third-order valence-electron chi connectivity index (χ3n) is 5.03. The molecule has 1 amide bonds. The molecule has 162 valence electrons. The number of amides is 1. The lowest BCUT2D eigenvalue weighted by Gasteiger charge is -2.11. The average Bonchev–Trinajstić information content (AvgIpc) is 2.74. The van der Waals surface area contributed by atoms with E-state index in [1.165, 1.54) is 30.3 Å². The number of nitrogens with one attached hydrogen (secondary N) is 1. The highest BCUT2D eigenvalue weighted by molar-refractivity contribution is 7.87. The average molecular weight is 448 g/mol. The number of carbonyl (C=O) groups is 1. The molecule has 7 heteroatoms. The van der Waals surface area contributed by atoms with Crippen LogP contribution in [0.1, 0.15) is 21.5 Å². The van der Waals surface area contributed by atoms with Gasteiger partial charge in [0.2, 0.25) is 0 Å². The molecule has 4 aromatic rings. The molecule has 0 saturated carbocycles. The summed E-state index contributed by atoms with van der Waals surface area (Å²) in [4.78, 5) is 12.7. The summed E-state index contributed by atoms with van der Waals surface area (Å²) in [6.45, 7) is 3.60. The summed E-state index contributed by atoms with van der Waals surface area (Å²) in [5, 5.41) is 14.6. The van der Waals surface area contributed by atoms with Gasteiger partial charge in [0.15, 0.2) is 0 Å². The first kappa shape index (κ1) is 21.4. The van der Waals surface area contributed by atoms with Crippen LogP contribution in [0.15, 0.2) is 83.8 Å². The minimum atomic E-state index is -3.99. The van der Waals surface area contributed by atoms with Crippen LogP contribution in [0.3, 0.4) is 0 Å². The van der Waals surface area contributed by atoms with Crippen LogP contribution >= 0.6 is 0 Å². The third-order valence-corrected chi connectivity index (χ3v) is 6.44. The first-order chi connectivity index (χ1) is 15.2. The number of aryl methyl sites for hydroxylation is 2. The number of rotatable bonds is 5. The first-order valence-corrected chi connectivity index (χ1v) is 11.3. The second kappa shape index (κ2) is 8.36. The zero-order valence-corrected chi connectivity index (χ0v) is 18.3. The van der Waals surface area contributed by atoms with E-state index in [2.05, 4.69) is 5.32 Å². The Bertz CT molecular complexity index is 1430. The highest BCUT2D eigenvalue weighted by Crippen LogP contribution is 2.27. The van der Waals surface area contributed by atoms with Crippen molar-refractivity contribution in [2.75, 3.05) is 5.32 Å². The van der Waals surface area contributed by atoms with Crippen molar-refractivity contribution < 1.29 is 22.5 Å². The molecule has 0 aliphatic rings. The fourth-order valence-corrected chi connectivity index (χ4v) is 4.60. The Kier molecular flexibility index (Phi) is 5.59. The predicted molar refractivity (Wildman–Crippen MR) is 124 cm³/mol. The molecule has 0 aliphatic carbocycles. The summed E-state index contributed by atoms with van der Waals surface area (Å²) >= 11 is 0. The van der Waals surface area contributed by atoms with E-state index >= 15 is 0 Å². The van der Waals surface area contributed by atoms with E-state index in [0.717, 1.165) is 16.3 Å². The van der Waals surface area contributed by atoms with E-state index in [0.29, 0.717) is 11.3 Å². The van der Waals surface area contributed by atoms with Gasteiger partial charge in [-0.15, -0.1) is 0 Å². The van der Waals surface area contributed by atoms with Crippen LogP contribution < -0.4 is 9.50 Å². The van der Waals surface area contributed by atoms with Crippen molar-refractivity contribution in [3.8, 4) is 11.5 Å². The Balaban J connectivity index is 1.50. The molecule has 0 spiro atoms. The van der Waals surface area contributed by atoms with Gasteiger partial charge in [0, 0.05) is 5.69 Å². The maximum absolute atomic E-state index is 12.6. The lowest BCUT2D eigenvalue weighted by Crippen LogP contribution is -2.13. The molecule has 32 heavy (non-hydrogen) atoms. The van der Waals surface area contributed by atoms with Gasteiger partial charge >= 0.3 is 10.1 Å². The number of anilines is 1. The largest absolute Gasteiger partial charge is 0.507 e. The van der Waals surface area contributed by atoms with Crippen LogP contribution in [0.2, 0.25) is 0 Å². The van der Waals surface area contributed by atoms with Gasteiger partial charge in [0.1, 0.15) is 16.4 Å². The van der Waals surface area contributed by atoms with Gasteiger partial charge in [0.25, 0.3) is 5.91 Å². The summed E-state index contributed by atoms with van der Waals surface area (Å²) in [6, 6.07) is 21.5. The molecule has 0 aromatic heterocycles. The molecule has 0 fully saturated rings. The highest BCUT2D eigenvalue weighted by Gasteiger charge is 2.19. The molecule has 0 aliphatic heterocycles. The molecule has 6 nitrogen and oxygen atoms in total. The molecule has 2 N–H and O–H groups in total. The van der Waals surface area contributed by atoms with Gasteiger partial charge in [0.05, 0.1) is 5.56 Å². The number of benzene rings is 4. The Morgan fingerprint density at radius 3 is 2.19 bits per heavy atom. The molecular formula is C25H21NO5S. The number of aromatic hydroxyl groups is 1. The third kappa shape index (κ3) is 4.43. The fraction of sp³-hybridized carbons (Fsp3) is 0.0800. The van der Waals surface area contributed by atoms with E-state index in [9.17, 15) is 18.3 Å². The minimum Gasteiger partial charge on any atom is -0.507 e. The van der Waals surface area contributed by atoms with Crippen molar-refractivity contribution in [3.63, 3.8) is 0 Å². The topological polar surface area (TPSA) is 92.7 Å². The smallest absolute Gasteiger partial charge is 0.339 e. The van der Waals surface area contributed by atoms with Gasteiger partial charge in [-0.1, -0.05) is 42.0 Å². The predicted octanol–water partition coefficient (Wildman–Crippen LogP) is 5.18. The van der Waals surface area contributed by atoms with Crippen LogP contribution in [-0.4, -0.2) is 19.4 Å². The Hall–Kier alpha value is -3.84. The van der Waals surface area contributed by atoms with Gasteiger partial charge in [-0.2, -0.15) is 8.42 Å². The molecule has 4 rings (SSSR count). The normalized spacial score (nSPS) is 11.3. The second-order valence-corrected chi connectivity index (χ2v) is 9.02. The lowest BCUT2D eigenvalue weighted by atomic mass is 10.1. The first-order valence-electron chi connectivity index (χ1n) is 9.88. The summed E-state index contributed by atoms with van der Waals surface area (Å²) < 4.78 is 30.5. The monoisotopic (exact) mass is 447 g/mol. The summed E-state index contributed by atoms with van der Waals surface area (Å²) in [7, 11) is -3.99. The van der Waals surface area contributed by atoms with E-state index in [4.69, 9.17) is 4.18 Å². The van der Waals surface area contributed by atoms with E-state index in [1.807, 2.05) is 31.2 Å². The van der Waals surface area contributed by atoms with Crippen molar-refractivity contribution >= 4 is 32.5 Å². The van der Waals surface area contributed by atoms with Gasteiger partial charge in [-0.3, -0.25) is 4.79 Å². The second-order valence-electron chi connectivity index (χ2n) is 7.50.